The fraction of sp³-hybridized carbons (Fsp3) is 0.222. The Balaban J connectivity index is 1.44. The van der Waals surface area contributed by atoms with Crippen LogP contribution < -0.4 is 5.32 Å². The van der Waals surface area contributed by atoms with Crippen molar-refractivity contribution >= 4 is 34.7 Å². The van der Waals surface area contributed by atoms with E-state index in [4.69, 9.17) is 16.6 Å². The van der Waals surface area contributed by atoms with E-state index in [1.807, 2.05) is 36.8 Å². The molecular formula is C27H22ClN3O. The standard InChI is InChI=1S/C27H22ClN3O/c1-15-23(14-31-25-3-2-5-30-27(15)25)21-12-20-18(10-24(21)28)11-26(32)22(20)9-16-7-17-4-6-29-13-19(17)8-16/h4,6,8-10,12-14,30H,2-3,5,7,11H2,1H3/b22-9-. The van der Waals surface area contributed by atoms with Gasteiger partial charge in [0.25, 0.3) is 0 Å². The molecule has 3 heterocycles. The zero-order chi connectivity index (χ0) is 21.8. The van der Waals surface area contributed by atoms with E-state index in [1.54, 1.807) is 0 Å². The van der Waals surface area contributed by atoms with Crippen LogP contribution in [-0.4, -0.2) is 22.3 Å². The van der Waals surface area contributed by atoms with Crippen molar-refractivity contribution in [2.24, 2.45) is 0 Å². The molecule has 4 nitrogen and oxygen atoms in total. The lowest BCUT2D eigenvalue weighted by atomic mass is 9.94. The van der Waals surface area contributed by atoms with E-state index in [-0.39, 0.29) is 5.78 Å². The van der Waals surface area contributed by atoms with Gasteiger partial charge in [0, 0.05) is 53.3 Å². The number of hydrogen-bond acceptors (Lipinski definition) is 4. The molecule has 0 saturated carbocycles. The smallest absolute Gasteiger partial charge is 0.167 e. The molecule has 0 radical (unpaired) electrons. The first-order valence-electron chi connectivity index (χ1n) is 11.0. The van der Waals surface area contributed by atoms with Gasteiger partial charge in [0.15, 0.2) is 5.78 Å². The number of pyridine rings is 2. The third-order valence-corrected chi connectivity index (χ3v) is 7.06. The molecule has 1 aromatic carbocycles. The van der Waals surface area contributed by atoms with Gasteiger partial charge in [0.1, 0.15) is 0 Å². The minimum atomic E-state index is 0.144. The Morgan fingerprint density at radius 2 is 2.00 bits per heavy atom. The fourth-order valence-corrected chi connectivity index (χ4v) is 5.38. The van der Waals surface area contributed by atoms with E-state index < -0.39 is 0 Å². The number of carbonyl (C=O) groups excluding carboxylic acids is 1. The van der Waals surface area contributed by atoms with Crippen LogP contribution in [0.25, 0.3) is 22.8 Å². The van der Waals surface area contributed by atoms with Crippen LogP contribution >= 0.6 is 11.6 Å². The first-order valence-corrected chi connectivity index (χ1v) is 11.4. The SMILES string of the molecule is Cc1c(-c2cc3c(cc2Cl)CC(=O)/C3=C\C2=Cc3cnccc3C2)cnc2c1NCCC2. The molecule has 3 aromatic rings. The summed E-state index contributed by atoms with van der Waals surface area (Å²) < 4.78 is 0. The van der Waals surface area contributed by atoms with Crippen LogP contribution in [0.5, 0.6) is 0 Å². The van der Waals surface area contributed by atoms with Crippen molar-refractivity contribution in [2.75, 3.05) is 11.9 Å². The molecule has 3 aliphatic rings. The molecule has 0 unspecified atom stereocenters. The minimum absolute atomic E-state index is 0.144. The van der Waals surface area contributed by atoms with Crippen molar-refractivity contribution in [1.29, 1.82) is 0 Å². The molecule has 0 spiro atoms. The van der Waals surface area contributed by atoms with Gasteiger partial charge in [-0.15, -0.1) is 0 Å². The van der Waals surface area contributed by atoms with Crippen LogP contribution in [0.3, 0.4) is 0 Å². The highest BCUT2D eigenvalue weighted by atomic mass is 35.5. The fourth-order valence-electron chi connectivity index (χ4n) is 5.09. The summed E-state index contributed by atoms with van der Waals surface area (Å²) in [5, 5.41) is 4.17. The Morgan fingerprint density at radius 1 is 1.09 bits per heavy atom. The largest absolute Gasteiger partial charge is 0.383 e. The highest BCUT2D eigenvalue weighted by Gasteiger charge is 2.28. The molecule has 0 amide bonds. The van der Waals surface area contributed by atoms with E-state index in [0.29, 0.717) is 11.4 Å². The number of allylic oxidation sites excluding steroid dienone is 3. The van der Waals surface area contributed by atoms with Gasteiger partial charge < -0.3 is 5.32 Å². The molecule has 0 atom stereocenters. The number of benzene rings is 1. The van der Waals surface area contributed by atoms with Gasteiger partial charge in [0.05, 0.1) is 11.4 Å². The Bertz CT molecular complexity index is 1370. The van der Waals surface area contributed by atoms with E-state index in [9.17, 15) is 4.79 Å². The van der Waals surface area contributed by atoms with E-state index >= 15 is 0 Å². The number of halogens is 1. The number of nitrogens with zero attached hydrogens (tertiary/aromatic N) is 2. The van der Waals surface area contributed by atoms with Crippen molar-refractivity contribution in [3.63, 3.8) is 0 Å². The summed E-state index contributed by atoms with van der Waals surface area (Å²) in [5.74, 6) is 0.144. The van der Waals surface area contributed by atoms with Gasteiger partial charge in [-0.1, -0.05) is 11.6 Å². The number of Topliss-reactive ketones (excluding diaryl/α,β-unsaturated/α-hetero) is 1. The summed E-state index contributed by atoms with van der Waals surface area (Å²) in [6, 6.07) is 6.08. The van der Waals surface area contributed by atoms with Crippen LogP contribution in [0.2, 0.25) is 5.02 Å². The maximum atomic E-state index is 12.9. The summed E-state index contributed by atoms with van der Waals surface area (Å²) in [6.45, 7) is 3.08. The highest BCUT2D eigenvalue weighted by Crippen LogP contribution is 2.41. The number of anilines is 1. The number of aryl methyl sites for hydroxylation is 1. The molecule has 1 aliphatic heterocycles. The molecule has 158 valence electrons. The monoisotopic (exact) mass is 439 g/mol. The van der Waals surface area contributed by atoms with Crippen molar-refractivity contribution < 1.29 is 4.79 Å². The number of aromatic nitrogens is 2. The Kier molecular flexibility index (Phi) is 4.51. The summed E-state index contributed by atoms with van der Waals surface area (Å²) >= 11 is 6.73. The zero-order valence-electron chi connectivity index (χ0n) is 17.8. The van der Waals surface area contributed by atoms with Crippen LogP contribution in [0.1, 0.15) is 39.9 Å². The molecule has 1 N–H and O–H groups in total. The normalized spacial score (nSPS) is 17.6. The average Bonchev–Trinajstić information content (AvgIpc) is 3.34. The lowest BCUT2D eigenvalue weighted by Crippen LogP contribution is -2.14. The van der Waals surface area contributed by atoms with Crippen LogP contribution in [0.4, 0.5) is 5.69 Å². The summed E-state index contributed by atoms with van der Waals surface area (Å²) in [6.07, 6.45) is 13.1. The van der Waals surface area contributed by atoms with Gasteiger partial charge in [-0.05, 0) is 89.9 Å². The number of ketones is 1. The number of nitrogens with one attached hydrogen (secondary N) is 1. The van der Waals surface area contributed by atoms with Crippen molar-refractivity contribution in [3.05, 3.63) is 87.0 Å². The molecule has 2 aliphatic carbocycles. The van der Waals surface area contributed by atoms with Crippen LogP contribution in [0, 0.1) is 6.92 Å². The second-order valence-electron chi connectivity index (χ2n) is 8.77. The van der Waals surface area contributed by atoms with Gasteiger partial charge >= 0.3 is 0 Å². The Morgan fingerprint density at radius 3 is 2.88 bits per heavy atom. The molecule has 0 bridgehead atoms. The quantitative estimate of drug-likeness (QED) is 0.527. The topological polar surface area (TPSA) is 54.9 Å². The molecule has 5 heteroatoms. The van der Waals surface area contributed by atoms with Gasteiger partial charge in [-0.2, -0.15) is 0 Å². The minimum Gasteiger partial charge on any atom is -0.383 e. The molecule has 0 saturated heterocycles. The summed E-state index contributed by atoms with van der Waals surface area (Å²) in [5.41, 5.74) is 11.6. The number of rotatable bonds is 2. The Hall–Kier alpha value is -3.24. The van der Waals surface area contributed by atoms with Gasteiger partial charge in [-0.3, -0.25) is 14.8 Å². The molecule has 0 fully saturated rings. The maximum absolute atomic E-state index is 12.9. The zero-order valence-corrected chi connectivity index (χ0v) is 18.6. The van der Waals surface area contributed by atoms with Gasteiger partial charge in [0.2, 0.25) is 0 Å². The van der Waals surface area contributed by atoms with Crippen LogP contribution in [-0.2, 0) is 24.1 Å². The van der Waals surface area contributed by atoms with Crippen molar-refractivity contribution in [1.82, 2.24) is 9.97 Å². The second kappa shape index (κ2) is 7.42. The lowest BCUT2D eigenvalue weighted by Gasteiger charge is -2.21. The molecular weight excluding hydrogens is 418 g/mol. The van der Waals surface area contributed by atoms with Crippen LogP contribution in [0.15, 0.2) is 48.4 Å². The maximum Gasteiger partial charge on any atom is 0.167 e. The summed E-state index contributed by atoms with van der Waals surface area (Å²) in [7, 11) is 0. The predicted molar refractivity (Wildman–Crippen MR) is 129 cm³/mol. The predicted octanol–water partition coefficient (Wildman–Crippen LogP) is 5.61. The average molecular weight is 440 g/mol. The molecule has 32 heavy (non-hydrogen) atoms. The summed E-state index contributed by atoms with van der Waals surface area (Å²) in [4.78, 5) is 21.9. The number of carbonyl (C=O) groups is 1. The molecule has 6 rings (SSSR count). The van der Waals surface area contributed by atoms with E-state index in [1.165, 1.54) is 5.56 Å². The first-order chi connectivity index (χ1) is 15.6. The Labute approximate surface area is 192 Å². The van der Waals surface area contributed by atoms with E-state index in [0.717, 1.165) is 81.7 Å². The highest BCUT2D eigenvalue weighted by molar-refractivity contribution is 6.34. The lowest BCUT2D eigenvalue weighted by molar-refractivity contribution is -0.112. The van der Waals surface area contributed by atoms with Crippen molar-refractivity contribution in [3.8, 4) is 11.1 Å². The van der Waals surface area contributed by atoms with E-state index in [2.05, 4.69) is 29.4 Å². The number of fused-ring (bicyclic) bond motifs is 3. The third-order valence-electron chi connectivity index (χ3n) is 6.75. The third kappa shape index (κ3) is 3.09. The second-order valence-corrected chi connectivity index (χ2v) is 9.17. The number of hydrogen-bond donors (Lipinski definition) is 1. The first kappa shape index (κ1) is 19.4. The van der Waals surface area contributed by atoms with Gasteiger partial charge in [-0.25, -0.2) is 0 Å². The molecule has 2 aromatic heterocycles. The van der Waals surface area contributed by atoms with Crippen molar-refractivity contribution in [2.45, 2.75) is 32.6 Å².